The molecule has 0 spiro atoms. The molecule has 1 aliphatic heterocycles. The Hall–Kier alpha value is -3.01. The number of pyridine rings is 1. The van der Waals surface area contributed by atoms with Crippen molar-refractivity contribution in [1.82, 2.24) is 9.29 Å². The van der Waals surface area contributed by atoms with Crippen molar-refractivity contribution in [3.8, 4) is 11.1 Å². The lowest BCUT2D eigenvalue weighted by Crippen LogP contribution is -2.20. The third kappa shape index (κ3) is 4.71. The molecule has 1 unspecified atom stereocenters. The number of nitrogens with zero attached hydrogens (tertiary/aromatic N) is 2. The van der Waals surface area contributed by atoms with Gasteiger partial charge >= 0.3 is 0 Å². The highest BCUT2D eigenvalue weighted by atomic mass is 32.2. The van der Waals surface area contributed by atoms with E-state index in [1.165, 1.54) is 22.8 Å². The second kappa shape index (κ2) is 9.46. The Balaban J connectivity index is 1.97. The topological polar surface area (TPSA) is 86.5 Å². The largest absolute Gasteiger partial charge is 0.760 e. The molecule has 0 saturated heterocycles. The quantitative estimate of drug-likeness (QED) is 0.559. The Kier molecular flexibility index (Phi) is 6.64. The number of nitrogens with one attached hydrogen (secondary N) is 1. The van der Waals surface area contributed by atoms with Gasteiger partial charge in [0.1, 0.15) is 11.6 Å². The molecule has 0 fully saturated rings. The Labute approximate surface area is 192 Å². The van der Waals surface area contributed by atoms with Crippen molar-refractivity contribution in [3.63, 3.8) is 0 Å². The molecule has 172 valence electrons. The van der Waals surface area contributed by atoms with Crippen LogP contribution in [0.15, 0.2) is 58.4 Å². The average Bonchev–Trinajstić information content (AvgIpc) is 2.89. The fraction of sp³-hybridized carbons (Fsp3) is 0.250. The number of hydrogen-bond donors (Lipinski definition) is 1. The highest BCUT2D eigenvalue weighted by molar-refractivity contribution is 7.77. The van der Waals surface area contributed by atoms with Crippen LogP contribution in [0.1, 0.15) is 41.6 Å². The lowest BCUT2D eigenvalue weighted by atomic mass is 9.89. The van der Waals surface area contributed by atoms with Crippen molar-refractivity contribution in [2.45, 2.75) is 25.8 Å². The first-order valence-electron chi connectivity index (χ1n) is 10.5. The van der Waals surface area contributed by atoms with Gasteiger partial charge in [0.15, 0.2) is 0 Å². The predicted molar refractivity (Wildman–Crippen MR) is 123 cm³/mol. The molecule has 2 aromatic carbocycles. The molecule has 1 aliphatic rings. The maximum atomic E-state index is 15.1. The van der Waals surface area contributed by atoms with Gasteiger partial charge in [-0.3, -0.25) is 14.0 Å². The summed E-state index contributed by atoms with van der Waals surface area (Å²) in [4.78, 5) is 17.3. The first kappa shape index (κ1) is 23.2. The highest BCUT2D eigenvalue weighted by Crippen LogP contribution is 2.39. The molecule has 1 N–H and O–H groups in total. The van der Waals surface area contributed by atoms with Crippen LogP contribution < -0.4 is 10.3 Å². The van der Waals surface area contributed by atoms with Crippen LogP contribution in [-0.4, -0.2) is 25.6 Å². The summed E-state index contributed by atoms with van der Waals surface area (Å²) in [5.41, 5.74) is 3.98. The van der Waals surface area contributed by atoms with E-state index in [9.17, 15) is 17.9 Å². The standard InChI is InChI=1S/C24H23F2N3O3S/c1-3-22-18-12-23(30)29(2)13-20(18)17-10-15(8-9-27-33(31)32)21(26)11-19(17)24(28-22)14-4-6-16(25)7-5-14/h4-7,10-13,22,27H,3,8-9H2,1-2H3,(H,31,32)/p-1/t22-/m0/s1. The van der Waals surface area contributed by atoms with Crippen LogP contribution in [0.25, 0.3) is 11.1 Å². The van der Waals surface area contributed by atoms with Crippen LogP contribution in [0.4, 0.5) is 8.78 Å². The molecule has 4 rings (SSSR count). The maximum Gasteiger partial charge on any atom is 0.250 e. The van der Waals surface area contributed by atoms with Gasteiger partial charge in [0.2, 0.25) is 0 Å². The minimum absolute atomic E-state index is 0.0441. The summed E-state index contributed by atoms with van der Waals surface area (Å²) in [6.45, 7) is 2.00. The van der Waals surface area contributed by atoms with Crippen LogP contribution in [0.5, 0.6) is 0 Å². The van der Waals surface area contributed by atoms with E-state index in [-0.39, 0.29) is 24.6 Å². The number of rotatable bonds is 6. The van der Waals surface area contributed by atoms with Crippen molar-refractivity contribution in [2.75, 3.05) is 6.54 Å². The van der Waals surface area contributed by atoms with Gasteiger partial charge in [0.25, 0.3) is 5.56 Å². The molecular formula is C24H22F2N3O3S-. The van der Waals surface area contributed by atoms with E-state index in [0.717, 1.165) is 11.1 Å². The number of hydrogen-bond acceptors (Lipinski definition) is 4. The zero-order valence-corrected chi connectivity index (χ0v) is 18.9. The molecular weight excluding hydrogens is 448 g/mol. The van der Waals surface area contributed by atoms with Crippen molar-refractivity contribution < 1.29 is 17.5 Å². The maximum absolute atomic E-state index is 15.1. The monoisotopic (exact) mass is 470 g/mol. The summed E-state index contributed by atoms with van der Waals surface area (Å²) in [5, 5.41) is 0. The number of aromatic nitrogens is 1. The number of halogens is 2. The molecule has 2 heterocycles. The third-order valence-corrected chi connectivity index (χ3v) is 6.19. The van der Waals surface area contributed by atoms with Gasteiger partial charge in [-0.2, -0.15) is 0 Å². The summed E-state index contributed by atoms with van der Waals surface area (Å²) in [5.74, 6) is -0.889. The van der Waals surface area contributed by atoms with Gasteiger partial charge in [-0.1, -0.05) is 6.92 Å². The summed E-state index contributed by atoms with van der Waals surface area (Å²) in [6.07, 6.45) is 2.47. The number of benzene rings is 2. The Bertz CT molecular complexity index is 1320. The number of aliphatic imine (C=N–C) groups is 1. The van der Waals surface area contributed by atoms with E-state index in [2.05, 4.69) is 4.72 Å². The molecule has 2 atom stereocenters. The van der Waals surface area contributed by atoms with Gasteiger partial charge in [-0.25, -0.2) is 13.5 Å². The fourth-order valence-corrected chi connectivity index (χ4v) is 4.36. The minimum atomic E-state index is -2.44. The van der Waals surface area contributed by atoms with Crippen LogP contribution >= 0.6 is 0 Å². The molecule has 33 heavy (non-hydrogen) atoms. The van der Waals surface area contributed by atoms with E-state index in [1.807, 2.05) is 6.92 Å². The average molecular weight is 471 g/mol. The second-order valence-electron chi connectivity index (χ2n) is 7.87. The van der Waals surface area contributed by atoms with Gasteiger partial charge in [0.05, 0.1) is 11.8 Å². The number of aryl methyl sites for hydroxylation is 1. The van der Waals surface area contributed by atoms with Crippen molar-refractivity contribution in [2.24, 2.45) is 12.0 Å². The van der Waals surface area contributed by atoms with Crippen molar-refractivity contribution >= 4 is 17.0 Å². The zero-order valence-electron chi connectivity index (χ0n) is 18.1. The Morgan fingerprint density at radius 1 is 1.12 bits per heavy atom. The van der Waals surface area contributed by atoms with E-state index in [0.29, 0.717) is 34.4 Å². The minimum Gasteiger partial charge on any atom is -0.760 e. The van der Waals surface area contributed by atoms with Crippen molar-refractivity contribution in [1.29, 1.82) is 0 Å². The molecule has 3 aromatic rings. The van der Waals surface area contributed by atoms with Gasteiger partial charge in [0, 0.05) is 53.8 Å². The van der Waals surface area contributed by atoms with Gasteiger partial charge < -0.3 is 9.12 Å². The second-order valence-corrected chi connectivity index (χ2v) is 8.63. The van der Waals surface area contributed by atoms with Gasteiger partial charge in [-0.05, 0) is 65.9 Å². The first-order chi connectivity index (χ1) is 15.8. The van der Waals surface area contributed by atoms with E-state index < -0.39 is 22.9 Å². The smallest absolute Gasteiger partial charge is 0.250 e. The van der Waals surface area contributed by atoms with Crippen molar-refractivity contribution in [3.05, 3.63) is 92.9 Å². The Morgan fingerprint density at radius 3 is 2.52 bits per heavy atom. The number of fused-ring (bicyclic) bond motifs is 3. The molecule has 1 aromatic heterocycles. The van der Waals surface area contributed by atoms with Gasteiger partial charge in [-0.15, -0.1) is 0 Å². The van der Waals surface area contributed by atoms with E-state index in [4.69, 9.17) is 4.99 Å². The molecule has 0 aliphatic carbocycles. The predicted octanol–water partition coefficient (Wildman–Crippen LogP) is 3.56. The zero-order chi connectivity index (χ0) is 23.7. The van der Waals surface area contributed by atoms with Crippen LogP contribution in [0.3, 0.4) is 0 Å². The molecule has 0 radical (unpaired) electrons. The summed E-state index contributed by atoms with van der Waals surface area (Å²) in [6, 6.07) is 10.1. The van der Waals surface area contributed by atoms with Crippen LogP contribution in [0.2, 0.25) is 0 Å². The van der Waals surface area contributed by atoms with Crippen LogP contribution in [0, 0.1) is 11.6 Å². The van der Waals surface area contributed by atoms with E-state index in [1.54, 1.807) is 37.5 Å². The van der Waals surface area contributed by atoms with E-state index >= 15 is 4.39 Å². The first-order valence-corrected chi connectivity index (χ1v) is 11.6. The fourth-order valence-electron chi connectivity index (χ4n) is 4.09. The lowest BCUT2D eigenvalue weighted by Gasteiger charge is -2.16. The summed E-state index contributed by atoms with van der Waals surface area (Å²) < 4.78 is 54.0. The Morgan fingerprint density at radius 2 is 1.85 bits per heavy atom. The normalized spacial score (nSPS) is 15.9. The molecule has 6 nitrogen and oxygen atoms in total. The third-order valence-electron chi connectivity index (χ3n) is 5.75. The van der Waals surface area contributed by atoms with Crippen LogP contribution in [-0.2, 0) is 24.7 Å². The summed E-state index contributed by atoms with van der Waals surface area (Å²) >= 11 is -2.44. The molecule has 9 heteroatoms. The SMILES string of the molecule is CC[C@@H]1N=C(c2ccc(F)cc2)c2cc(F)c(CCNS(=O)[O-])cc2-c2cn(C)c(=O)cc21. The molecule has 0 amide bonds. The molecule has 0 saturated carbocycles. The summed E-state index contributed by atoms with van der Waals surface area (Å²) in [7, 11) is 1.65. The molecule has 0 bridgehead atoms. The lowest BCUT2D eigenvalue weighted by molar-refractivity contribution is 0.522. The highest BCUT2D eigenvalue weighted by Gasteiger charge is 2.26.